The Balaban J connectivity index is 1.45. The van der Waals surface area contributed by atoms with E-state index in [1.165, 1.54) is 0 Å². The number of nitrogens with two attached hydrogens (primary N) is 1. The number of aromatic nitrogens is 2. The van der Waals surface area contributed by atoms with Gasteiger partial charge in [0.25, 0.3) is 11.8 Å². The van der Waals surface area contributed by atoms with Crippen LogP contribution in [0.3, 0.4) is 0 Å². The molecule has 11 heteroatoms. The second kappa shape index (κ2) is 13.4. The van der Waals surface area contributed by atoms with Crippen LogP contribution in [0.4, 0.5) is 0 Å². The van der Waals surface area contributed by atoms with Crippen LogP contribution < -0.4 is 21.9 Å². The van der Waals surface area contributed by atoms with Gasteiger partial charge >= 0.3 is 0 Å². The molecule has 0 bridgehead atoms. The molecule has 0 aliphatic heterocycles. The largest absolute Gasteiger partial charge is 0.366 e. The van der Waals surface area contributed by atoms with Crippen molar-refractivity contribution in [1.82, 2.24) is 25.9 Å². The predicted octanol–water partition coefficient (Wildman–Crippen LogP) is 3.43. The summed E-state index contributed by atoms with van der Waals surface area (Å²) in [6.07, 6.45) is 5.87. The lowest BCUT2D eigenvalue weighted by atomic mass is 9.97. The molecular weight excluding hydrogens is 540 g/mol. The molecule has 0 radical (unpaired) electrons. The second-order valence-electron chi connectivity index (χ2n) is 9.35. The zero-order chi connectivity index (χ0) is 29.4. The van der Waals surface area contributed by atoms with Crippen molar-refractivity contribution in [2.75, 3.05) is 0 Å². The van der Waals surface area contributed by atoms with Crippen LogP contribution in [0.15, 0.2) is 84.5 Å². The highest BCUT2D eigenvalue weighted by Crippen LogP contribution is 2.32. The first-order chi connectivity index (χ1) is 19.7. The molecule has 10 nitrogen and oxygen atoms in total. The van der Waals surface area contributed by atoms with Gasteiger partial charge in [0.05, 0.1) is 12.2 Å². The van der Waals surface area contributed by atoms with Gasteiger partial charge in [0.15, 0.2) is 0 Å². The van der Waals surface area contributed by atoms with Crippen molar-refractivity contribution in [3.63, 3.8) is 0 Å². The Labute approximate surface area is 241 Å². The molecule has 41 heavy (non-hydrogen) atoms. The number of amides is 4. The number of hydrazine groups is 1. The van der Waals surface area contributed by atoms with Crippen LogP contribution in [0.1, 0.15) is 40.9 Å². The van der Waals surface area contributed by atoms with Crippen LogP contribution in [0.5, 0.6) is 0 Å². The molecule has 4 rings (SSSR count). The summed E-state index contributed by atoms with van der Waals surface area (Å²) in [6, 6.07) is 17.1. The monoisotopic (exact) mass is 570 g/mol. The summed E-state index contributed by atoms with van der Waals surface area (Å²) in [7, 11) is 1.87. The van der Waals surface area contributed by atoms with Crippen LogP contribution >= 0.6 is 11.3 Å². The third-order valence-electron chi connectivity index (χ3n) is 6.25. The molecular formula is C30H30N6O4S. The minimum atomic E-state index is -0.778. The number of carbonyl (C=O) groups is 4. The summed E-state index contributed by atoms with van der Waals surface area (Å²) in [5.41, 5.74) is 14.5. The number of carbonyl (C=O) groups excluding carboxylic acids is 4. The minimum Gasteiger partial charge on any atom is -0.366 e. The van der Waals surface area contributed by atoms with Crippen LogP contribution in [-0.2, 0) is 27.9 Å². The third kappa shape index (κ3) is 7.99. The maximum atomic E-state index is 13.4. The Morgan fingerprint density at radius 2 is 1.78 bits per heavy atom. The molecule has 0 saturated heterocycles. The molecule has 1 atom stereocenters. The van der Waals surface area contributed by atoms with Gasteiger partial charge in [-0.25, -0.2) is 0 Å². The Hall–Kier alpha value is -5.03. The Morgan fingerprint density at radius 1 is 1.00 bits per heavy atom. The second-order valence-corrected chi connectivity index (χ2v) is 10.3. The van der Waals surface area contributed by atoms with Crippen molar-refractivity contribution >= 4 is 35.0 Å². The summed E-state index contributed by atoms with van der Waals surface area (Å²) in [5.74, 6) is -2.19. The number of nitrogens with zero attached hydrogens (tertiary/aromatic N) is 2. The summed E-state index contributed by atoms with van der Waals surface area (Å²) in [6.45, 7) is 1.93. The first kappa shape index (κ1) is 29.0. The molecule has 1 unspecified atom stereocenters. The first-order valence-electron chi connectivity index (χ1n) is 12.8. The van der Waals surface area contributed by atoms with E-state index in [9.17, 15) is 19.2 Å². The maximum absolute atomic E-state index is 13.4. The van der Waals surface area contributed by atoms with E-state index in [1.807, 2.05) is 37.8 Å². The van der Waals surface area contributed by atoms with Crippen LogP contribution in [0.2, 0.25) is 0 Å². The molecule has 4 aromatic rings. The predicted molar refractivity (Wildman–Crippen MR) is 157 cm³/mol. The summed E-state index contributed by atoms with van der Waals surface area (Å²) in [5, 5.41) is 9.43. The number of aryl methyl sites for hydroxylation is 2. The van der Waals surface area contributed by atoms with Gasteiger partial charge in [0.1, 0.15) is 0 Å². The van der Waals surface area contributed by atoms with Crippen LogP contribution in [-0.4, -0.2) is 33.4 Å². The minimum absolute atomic E-state index is 0.0248. The molecule has 4 amide bonds. The molecule has 2 aromatic heterocycles. The van der Waals surface area contributed by atoms with Crippen molar-refractivity contribution in [2.45, 2.75) is 25.8 Å². The molecule has 0 saturated carbocycles. The average molecular weight is 571 g/mol. The number of rotatable bonds is 10. The van der Waals surface area contributed by atoms with Crippen molar-refractivity contribution in [1.29, 1.82) is 0 Å². The number of nitrogens with one attached hydrogen (secondary N) is 3. The number of hydrogen-bond acceptors (Lipinski definition) is 6. The van der Waals surface area contributed by atoms with Crippen molar-refractivity contribution in [2.24, 2.45) is 12.8 Å². The highest BCUT2D eigenvalue weighted by Gasteiger charge is 2.17. The normalized spacial score (nSPS) is 11.7. The van der Waals surface area contributed by atoms with Gasteiger partial charge in [-0.1, -0.05) is 24.3 Å². The van der Waals surface area contributed by atoms with E-state index >= 15 is 0 Å². The first-order valence-corrected chi connectivity index (χ1v) is 13.7. The van der Waals surface area contributed by atoms with E-state index in [-0.39, 0.29) is 24.8 Å². The Bertz CT molecular complexity index is 1590. The fourth-order valence-corrected chi connectivity index (χ4v) is 4.90. The third-order valence-corrected chi connectivity index (χ3v) is 7.17. The van der Waals surface area contributed by atoms with Gasteiger partial charge in [-0.05, 0) is 71.3 Å². The highest BCUT2D eigenvalue weighted by molar-refractivity contribution is 7.13. The number of hydrogen-bond donors (Lipinski definition) is 4. The lowest BCUT2D eigenvalue weighted by molar-refractivity contribution is -0.126. The molecule has 0 aliphatic carbocycles. The van der Waals surface area contributed by atoms with Gasteiger partial charge in [-0.2, -0.15) is 5.10 Å². The molecule has 0 aliphatic rings. The van der Waals surface area contributed by atoms with Gasteiger partial charge < -0.3 is 11.1 Å². The molecule has 2 aromatic carbocycles. The van der Waals surface area contributed by atoms with Gasteiger partial charge in [-0.15, -0.1) is 11.3 Å². The van der Waals surface area contributed by atoms with E-state index < -0.39 is 17.7 Å². The molecule has 0 spiro atoms. The highest BCUT2D eigenvalue weighted by atomic mass is 32.1. The van der Waals surface area contributed by atoms with Crippen molar-refractivity contribution in [3.05, 3.63) is 101 Å². The maximum Gasteiger partial charge on any atom is 0.262 e. The Morgan fingerprint density at radius 3 is 2.49 bits per heavy atom. The van der Waals surface area contributed by atoms with Crippen molar-refractivity contribution < 1.29 is 19.2 Å². The van der Waals surface area contributed by atoms with E-state index in [4.69, 9.17) is 5.73 Å². The summed E-state index contributed by atoms with van der Waals surface area (Å²) in [4.78, 5) is 49.1. The summed E-state index contributed by atoms with van der Waals surface area (Å²) < 4.78 is 1.75. The molecule has 0 fully saturated rings. The zero-order valence-corrected chi connectivity index (χ0v) is 23.4. The Kier molecular flexibility index (Phi) is 9.43. The number of primary amides is 1. The number of thiophene rings is 1. The smallest absolute Gasteiger partial charge is 0.262 e. The van der Waals surface area contributed by atoms with E-state index in [0.717, 1.165) is 39.3 Å². The van der Waals surface area contributed by atoms with Crippen molar-refractivity contribution in [3.8, 4) is 21.6 Å². The molecule has 210 valence electrons. The fraction of sp³-hybridized carbons (Fsp3) is 0.167. The van der Waals surface area contributed by atoms with Gasteiger partial charge in [0.2, 0.25) is 11.8 Å². The van der Waals surface area contributed by atoms with Gasteiger partial charge in [0, 0.05) is 47.8 Å². The van der Waals surface area contributed by atoms with E-state index in [1.54, 1.807) is 40.3 Å². The lowest BCUT2D eigenvalue weighted by Crippen LogP contribution is -2.41. The number of benzene rings is 2. The van der Waals surface area contributed by atoms with Crippen LogP contribution in [0.25, 0.3) is 21.6 Å². The molecule has 5 N–H and O–H groups in total. The van der Waals surface area contributed by atoms with E-state index in [2.05, 4.69) is 45.5 Å². The topological polar surface area (TPSA) is 148 Å². The zero-order valence-electron chi connectivity index (χ0n) is 22.6. The summed E-state index contributed by atoms with van der Waals surface area (Å²) >= 11 is 1.65. The van der Waals surface area contributed by atoms with E-state index in [0.29, 0.717) is 11.1 Å². The molecule has 2 heterocycles. The van der Waals surface area contributed by atoms with Gasteiger partial charge in [-0.3, -0.25) is 34.7 Å². The lowest BCUT2D eigenvalue weighted by Gasteiger charge is -2.18. The average Bonchev–Trinajstić information content (AvgIpc) is 3.66. The standard InChI is InChI=1S/C30H30N6O4S/c1-19(21-14-22(24-17-32-36(2)18-24)16-23(15-21)26-8-5-13-41-26)33-30(40)25-7-4-3-6-20(25)9-11-28(38)34-35-29(39)12-10-27(31)37/h3-8,10,12-19H,9,11H2,1-2H3,(H2,31,37)(H,33,40)(H,34,38)(H,35,39)/b12-10+. The van der Waals surface area contributed by atoms with Crippen LogP contribution in [0, 0.1) is 0 Å². The fourth-order valence-electron chi connectivity index (χ4n) is 4.18. The quantitative estimate of drug-likeness (QED) is 0.170. The SMILES string of the molecule is CC(NC(=O)c1ccccc1CCC(=O)NNC(=O)/C=C/C(N)=O)c1cc(-c2cnn(C)c2)cc(-c2cccs2)c1.